The van der Waals surface area contributed by atoms with Crippen molar-refractivity contribution < 1.29 is 5.11 Å². The molecular formula is C36H37N9O. The maximum absolute atomic E-state index is 9.41. The minimum atomic E-state index is 0.109. The summed E-state index contributed by atoms with van der Waals surface area (Å²) in [5, 5.41) is 24.1. The zero-order valence-corrected chi connectivity index (χ0v) is 26.6. The SMILES string of the molecule is CCCc1nc2c(C)cc(-c3nc4ccc(N(C)CCO)cc4n3C)cc2n1Cc1ccc(-c2ccccc2-c2nn[nH]n2)cc1. The third-order valence-corrected chi connectivity index (χ3v) is 8.71. The number of tetrazole rings is 1. The van der Waals surface area contributed by atoms with Gasteiger partial charge in [-0.1, -0.05) is 55.5 Å². The van der Waals surface area contributed by atoms with Crippen LogP contribution in [0.3, 0.4) is 0 Å². The number of benzene rings is 4. The highest BCUT2D eigenvalue weighted by Crippen LogP contribution is 2.33. The van der Waals surface area contributed by atoms with Crippen molar-refractivity contribution in [3.05, 3.63) is 95.8 Å². The minimum Gasteiger partial charge on any atom is -0.395 e. The summed E-state index contributed by atoms with van der Waals surface area (Å²) < 4.78 is 4.52. The number of aliphatic hydroxyl groups excluding tert-OH is 1. The third-order valence-electron chi connectivity index (χ3n) is 8.71. The molecule has 0 aliphatic carbocycles. The van der Waals surface area contributed by atoms with Gasteiger partial charge in [0.05, 0.1) is 28.7 Å². The first-order valence-corrected chi connectivity index (χ1v) is 15.7. The Morgan fingerprint density at radius 3 is 2.43 bits per heavy atom. The van der Waals surface area contributed by atoms with Crippen LogP contribution in [0.4, 0.5) is 5.69 Å². The van der Waals surface area contributed by atoms with Crippen LogP contribution in [0.1, 0.15) is 30.3 Å². The van der Waals surface area contributed by atoms with Gasteiger partial charge in [-0.25, -0.2) is 9.97 Å². The Morgan fingerprint density at radius 1 is 0.891 bits per heavy atom. The number of aromatic nitrogens is 8. The van der Waals surface area contributed by atoms with Crippen molar-refractivity contribution in [1.82, 2.24) is 39.7 Å². The number of aliphatic hydroxyl groups is 1. The molecule has 10 nitrogen and oxygen atoms in total. The molecule has 0 fully saturated rings. The van der Waals surface area contributed by atoms with E-state index < -0.39 is 0 Å². The van der Waals surface area contributed by atoms with Crippen molar-refractivity contribution in [3.63, 3.8) is 0 Å². The average Bonchev–Trinajstić information content (AvgIpc) is 3.81. The quantitative estimate of drug-likeness (QED) is 0.190. The lowest BCUT2D eigenvalue weighted by Crippen LogP contribution is -2.20. The summed E-state index contributed by atoms with van der Waals surface area (Å²) in [7, 11) is 4.06. The fraction of sp³-hybridized carbons (Fsp3) is 0.250. The number of aromatic amines is 1. The maximum Gasteiger partial charge on any atom is 0.205 e. The predicted molar refractivity (Wildman–Crippen MR) is 183 cm³/mol. The number of aryl methyl sites for hydroxylation is 3. The van der Waals surface area contributed by atoms with Gasteiger partial charge in [0.2, 0.25) is 5.82 Å². The monoisotopic (exact) mass is 611 g/mol. The number of rotatable bonds is 10. The van der Waals surface area contributed by atoms with Crippen molar-refractivity contribution in [1.29, 1.82) is 0 Å². The van der Waals surface area contributed by atoms with Crippen LogP contribution in [-0.2, 0) is 20.0 Å². The number of hydrogen-bond donors (Lipinski definition) is 2. The van der Waals surface area contributed by atoms with Gasteiger partial charge in [0.1, 0.15) is 11.6 Å². The van der Waals surface area contributed by atoms with Gasteiger partial charge in [0.15, 0.2) is 0 Å². The lowest BCUT2D eigenvalue weighted by molar-refractivity contribution is 0.304. The van der Waals surface area contributed by atoms with Crippen LogP contribution in [0.5, 0.6) is 0 Å². The summed E-state index contributed by atoms with van der Waals surface area (Å²) >= 11 is 0. The van der Waals surface area contributed by atoms with E-state index in [9.17, 15) is 5.11 Å². The summed E-state index contributed by atoms with van der Waals surface area (Å²) in [6, 6.07) is 27.5. The number of nitrogens with zero attached hydrogens (tertiary/aromatic N) is 8. The van der Waals surface area contributed by atoms with Gasteiger partial charge in [-0.05, 0) is 71.1 Å². The van der Waals surface area contributed by atoms with Gasteiger partial charge in [0.25, 0.3) is 0 Å². The molecule has 0 aliphatic rings. The Labute approximate surface area is 267 Å². The topological polar surface area (TPSA) is 114 Å². The molecule has 0 saturated heterocycles. The molecule has 0 unspecified atom stereocenters. The predicted octanol–water partition coefficient (Wildman–Crippen LogP) is 6.17. The number of nitrogens with one attached hydrogen (secondary N) is 1. The molecular weight excluding hydrogens is 574 g/mol. The van der Waals surface area contributed by atoms with E-state index in [1.165, 1.54) is 5.56 Å². The molecule has 0 saturated carbocycles. The molecule has 46 heavy (non-hydrogen) atoms. The molecule has 0 radical (unpaired) electrons. The number of fused-ring (bicyclic) bond motifs is 2. The number of likely N-dealkylation sites (N-methyl/N-ethyl adjacent to an activating group) is 1. The van der Waals surface area contributed by atoms with Crippen LogP contribution in [0.15, 0.2) is 78.9 Å². The van der Waals surface area contributed by atoms with E-state index in [1.807, 2.05) is 25.2 Å². The van der Waals surface area contributed by atoms with Gasteiger partial charge >= 0.3 is 0 Å². The first kappa shape index (κ1) is 29.4. The van der Waals surface area contributed by atoms with Crippen LogP contribution < -0.4 is 4.90 Å². The maximum atomic E-state index is 9.41. The molecule has 0 amide bonds. The van der Waals surface area contributed by atoms with E-state index in [1.54, 1.807) is 0 Å². The molecule has 7 rings (SSSR count). The first-order valence-electron chi connectivity index (χ1n) is 15.7. The summed E-state index contributed by atoms with van der Waals surface area (Å²) in [6.07, 6.45) is 1.91. The molecule has 0 spiro atoms. The second-order valence-electron chi connectivity index (χ2n) is 11.8. The zero-order valence-electron chi connectivity index (χ0n) is 26.6. The summed E-state index contributed by atoms with van der Waals surface area (Å²) in [5.74, 6) is 2.58. The van der Waals surface area contributed by atoms with Crippen LogP contribution >= 0.6 is 0 Å². The average molecular weight is 612 g/mol. The van der Waals surface area contributed by atoms with Crippen molar-refractivity contribution in [2.75, 3.05) is 25.1 Å². The Bertz CT molecular complexity index is 2140. The van der Waals surface area contributed by atoms with Crippen molar-refractivity contribution in [3.8, 4) is 33.9 Å². The van der Waals surface area contributed by atoms with Crippen molar-refractivity contribution in [2.45, 2.75) is 33.2 Å². The molecule has 10 heteroatoms. The van der Waals surface area contributed by atoms with E-state index in [0.29, 0.717) is 18.9 Å². The van der Waals surface area contributed by atoms with Crippen LogP contribution in [0.25, 0.3) is 56.0 Å². The normalized spacial score (nSPS) is 11.6. The van der Waals surface area contributed by atoms with E-state index in [-0.39, 0.29) is 6.61 Å². The van der Waals surface area contributed by atoms with Crippen LogP contribution in [0.2, 0.25) is 0 Å². The molecule has 3 heterocycles. The number of hydrogen-bond acceptors (Lipinski definition) is 7. The Balaban J connectivity index is 1.26. The molecule has 2 N–H and O–H groups in total. The van der Waals surface area contributed by atoms with E-state index in [4.69, 9.17) is 9.97 Å². The smallest absolute Gasteiger partial charge is 0.205 e. The lowest BCUT2D eigenvalue weighted by atomic mass is 9.98. The van der Waals surface area contributed by atoms with Crippen LogP contribution in [0, 0.1) is 6.92 Å². The molecule has 4 aromatic carbocycles. The molecule has 7 aromatic rings. The van der Waals surface area contributed by atoms with E-state index in [2.05, 4.69) is 116 Å². The largest absolute Gasteiger partial charge is 0.395 e. The minimum absolute atomic E-state index is 0.109. The standard InChI is InChI=1S/C36H37N9O/c1-5-8-33-38-34-23(2)19-26(36-37-30-16-15-27(43(3)17-18-46)21-31(30)44(36)4)20-32(34)45(33)22-24-11-13-25(14-12-24)28-9-6-7-10-29(28)35-39-41-42-40-35/h6-7,9-16,19-21,46H,5,8,17-18,22H2,1-4H3,(H,39,40,41,42). The van der Waals surface area contributed by atoms with Gasteiger partial charge in [-0.15, -0.1) is 10.2 Å². The summed E-state index contributed by atoms with van der Waals surface area (Å²) in [5.41, 5.74) is 11.7. The highest BCUT2D eigenvalue weighted by Gasteiger charge is 2.18. The highest BCUT2D eigenvalue weighted by molar-refractivity contribution is 5.88. The van der Waals surface area contributed by atoms with Gasteiger partial charge < -0.3 is 19.1 Å². The molecule has 0 atom stereocenters. The van der Waals surface area contributed by atoms with Crippen molar-refractivity contribution >= 4 is 27.8 Å². The molecule has 0 aliphatic heterocycles. The second kappa shape index (κ2) is 12.2. The number of H-pyrrole nitrogens is 1. The Kier molecular flexibility index (Phi) is 7.79. The zero-order chi connectivity index (χ0) is 31.8. The van der Waals surface area contributed by atoms with Gasteiger partial charge in [-0.2, -0.15) is 5.21 Å². The highest BCUT2D eigenvalue weighted by atomic mass is 16.3. The lowest BCUT2D eigenvalue weighted by Gasteiger charge is -2.17. The van der Waals surface area contributed by atoms with E-state index in [0.717, 1.165) is 80.1 Å². The first-order chi connectivity index (χ1) is 22.4. The van der Waals surface area contributed by atoms with Crippen LogP contribution in [-0.4, -0.2) is 65.0 Å². The summed E-state index contributed by atoms with van der Waals surface area (Å²) in [4.78, 5) is 12.2. The molecule has 3 aromatic heterocycles. The van der Waals surface area contributed by atoms with Gasteiger partial charge in [-0.3, -0.25) is 0 Å². The third kappa shape index (κ3) is 5.30. The fourth-order valence-corrected chi connectivity index (χ4v) is 6.29. The summed E-state index contributed by atoms with van der Waals surface area (Å²) in [6.45, 7) is 5.73. The van der Waals surface area contributed by atoms with Gasteiger partial charge in [0, 0.05) is 50.4 Å². The Hall–Kier alpha value is -5.35. The number of anilines is 1. The fourth-order valence-electron chi connectivity index (χ4n) is 6.29. The Morgan fingerprint density at radius 2 is 1.70 bits per heavy atom. The number of imidazole rings is 2. The molecule has 0 bridgehead atoms. The van der Waals surface area contributed by atoms with E-state index >= 15 is 0 Å². The molecule has 232 valence electrons. The second-order valence-corrected chi connectivity index (χ2v) is 11.8. The van der Waals surface area contributed by atoms with Crippen molar-refractivity contribution in [2.24, 2.45) is 7.05 Å².